The molecule has 0 aliphatic carbocycles. The molecule has 1 aliphatic heterocycles. The van der Waals surface area contributed by atoms with Gasteiger partial charge in [0.1, 0.15) is 0 Å². The van der Waals surface area contributed by atoms with Crippen molar-refractivity contribution in [3.63, 3.8) is 0 Å². The lowest BCUT2D eigenvalue weighted by Gasteiger charge is -2.28. The molecule has 0 aromatic carbocycles. The normalized spacial score (nSPS) is 20.7. The highest BCUT2D eigenvalue weighted by Crippen LogP contribution is 2.27. The van der Waals surface area contributed by atoms with E-state index in [9.17, 15) is 18.0 Å². The van der Waals surface area contributed by atoms with E-state index >= 15 is 0 Å². The molecule has 1 heterocycles. The first-order chi connectivity index (χ1) is 6.43. The summed E-state index contributed by atoms with van der Waals surface area (Å²) in [7, 11) is 0. The predicted molar refractivity (Wildman–Crippen MR) is 46.1 cm³/mol. The Hall–Kier alpha value is -0.450. The fourth-order valence-corrected chi connectivity index (χ4v) is 1.55. The van der Waals surface area contributed by atoms with Crippen molar-refractivity contribution in [1.29, 1.82) is 0 Å². The number of rotatable bonds is 1. The summed E-state index contributed by atoms with van der Waals surface area (Å²) in [5, 5.41) is -2.39. The van der Waals surface area contributed by atoms with Gasteiger partial charge in [-0.25, -0.2) is 0 Å². The number of likely N-dealkylation sites (tertiary alicyclic amines) is 1. The second kappa shape index (κ2) is 4.38. The highest BCUT2D eigenvalue weighted by molar-refractivity contribution is 6.31. The molecule has 1 amide bonds. The number of hydrogen-bond donors (Lipinski definition) is 0. The van der Waals surface area contributed by atoms with E-state index in [2.05, 4.69) is 0 Å². The fourth-order valence-electron chi connectivity index (χ4n) is 1.41. The average molecular weight is 230 g/mol. The first kappa shape index (κ1) is 11.6. The Balaban J connectivity index is 2.55. The smallest absolute Gasteiger partial charge is 0.341 e. The average Bonchev–Trinajstić information content (AvgIpc) is 2.15. The summed E-state index contributed by atoms with van der Waals surface area (Å²) >= 11 is 5.02. The van der Waals surface area contributed by atoms with Crippen molar-refractivity contribution in [3.8, 4) is 0 Å². The van der Waals surface area contributed by atoms with Gasteiger partial charge >= 0.3 is 6.18 Å². The van der Waals surface area contributed by atoms with Crippen molar-refractivity contribution in [2.75, 3.05) is 13.1 Å². The molecule has 2 nitrogen and oxygen atoms in total. The molecular weight excluding hydrogens is 219 g/mol. The summed E-state index contributed by atoms with van der Waals surface area (Å²) in [6, 6.07) is 0. The molecule has 0 aromatic rings. The van der Waals surface area contributed by atoms with Gasteiger partial charge in [0, 0.05) is 13.1 Å². The number of alkyl halides is 4. The zero-order valence-corrected chi connectivity index (χ0v) is 8.24. The number of carbonyl (C=O) groups excluding carboxylic acids is 1. The summed E-state index contributed by atoms with van der Waals surface area (Å²) in [5.74, 6) is -1.01. The number of piperidine rings is 1. The zero-order chi connectivity index (χ0) is 10.8. The third-order valence-corrected chi connectivity index (χ3v) is 2.61. The third kappa shape index (κ3) is 2.77. The minimum Gasteiger partial charge on any atom is -0.341 e. The summed E-state index contributed by atoms with van der Waals surface area (Å²) in [5.41, 5.74) is 0. The lowest BCUT2D eigenvalue weighted by Crippen LogP contribution is -2.45. The van der Waals surface area contributed by atoms with Crippen LogP contribution in [0.2, 0.25) is 0 Å². The van der Waals surface area contributed by atoms with Gasteiger partial charge in [0.2, 0.25) is 11.3 Å². The van der Waals surface area contributed by atoms with Gasteiger partial charge in [0.05, 0.1) is 0 Å². The van der Waals surface area contributed by atoms with Crippen LogP contribution in [0, 0.1) is 0 Å². The van der Waals surface area contributed by atoms with E-state index in [0.29, 0.717) is 13.1 Å². The van der Waals surface area contributed by atoms with Crippen molar-refractivity contribution in [1.82, 2.24) is 4.90 Å². The van der Waals surface area contributed by atoms with Gasteiger partial charge in [-0.05, 0) is 19.3 Å². The second-order valence-corrected chi connectivity index (χ2v) is 3.73. The van der Waals surface area contributed by atoms with Gasteiger partial charge in [-0.2, -0.15) is 13.2 Å². The van der Waals surface area contributed by atoms with Crippen LogP contribution in [-0.4, -0.2) is 35.4 Å². The molecule has 82 valence electrons. The molecule has 0 N–H and O–H groups in total. The third-order valence-electron chi connectivity index (χ3n) is 2.17. The first-order valence-electron chi connectivity index (χ1n) is 4.42. The molecule has 0 bridgehead atoms. The Bertz CT molecular complexity index is 213. The number of halogens is 4. The SMILES string of the molecule is O=C(C(Cl)C(F)(F)F)N1CCCCC1. The van der Waals surface area contributed by atoms with Crippen molar-refractivity contribution >= 4 is 17.5 Å². The topological polar surface area (TPSA) is 20.3 Å². The Kier molecular flexibility index (Phi) is 3.64. The van der Waals surface area contributed by atoms with Crippen LogP contribution >= 0.6 is 11.6 Å². The number of nitrogens with zero attached hydrogens (tertiary/aromatic N) is 1. The Morgan fingerprint density at radius 2 is 1.71 bits per heavy atom. The highest BCUT2D eigenvalue weighted by atomic mass is 35.5. The maximum absolute atomic E-state index is 12.1. The maximum atomic E-state index is 12.1. The molecule has 0 aromatic heterocycles. The molecular formula is C8H11ClF3NO. The van der Waals surface area contributed by atoms with Crippen molar-refractivity contribution in [2.24, 2.45) is 0 Å². The van der Waals surface area contributed by atoms with Gasteiger partial charge in [0.15, 0.2) is 0 Å². The number of carbonyl (C=O) groups is 1. The standard InChI is InChI=1S/C8H11ClF3NO/c9-6(8(10,11)12)7(14)13-4-2-1-3-5-13/h6H,1-5H2. The molecule has 1 fully saturated rings. The lowest BCUT2D eigenvalue weighted by atomic mass is 10.1. The highest BCUT2D eigenvalue weighted by Gasteiger charge is 2.45. The predicted octanol–water partition coefficient (Wildman–Crippen LogP) is 2.17. The van der Waals surface area contributed by atoms with Gasteiger partial charge in [0.25, 0.3) is 0 Å². The summed E-state index contributed by atoms with van der Waals surface area (Å²) in [4.78, 5) is 12.4. The minimum atomic E-state index is -4.64. The van der Waals surface area contributed by atoms with E-state index < -0.39 is 17.5 Å². The number of hydrogen-bond acceptors (Lipinski definition) is 1. The van der Waals surface area contributed by atoms with Crippen molar-refractivity contribution in [2.45, 2.75) is 30.8 Å². The van der Waals surface area contributed by atoms with Crippen LogP contribution in [0.5, 0.6) is 0 Å². The van der Waals surface area contributed by atoms with E-state index in [0.717, 1.165) is 19.3 Å². The fraction of sp³-hybridized carbons (Fsp3) is 0.875. The molecule has 0 radical (unpaired) electrons. The monoisotopic (exact) mass is 229 g/mol. The Morgan fingerprint density at radius 1 is 1.21 bits per heavy atom. The van der Waals surface area contributed by atoms with Crippen LogP contribution in [0.1, 0.15) is 19.3 Å². The summed E-state index contributed by atoms with van der Waals surface area (Å²) in [6.45, 7) is 0.774. The molecule has 1 unspecified atom stereocenters. The van der Waals surface area contributed by atoms with E-state index in [1.165, 1.54) is 4.90 Å². The molecule has 6 heteroatoms. The zero-order valence-electron chi connectivity index (χ0n) is 7.48. The van der Waals surface area contributed by atoms with Crippen LogP contribution in [0.4, 0.5) is 13.2 Å². The minimum absolute atomic E-state index is 0.387. The van der Waals surface area contributed by atoms with Crippen molar-refractivity contribution < 1.29 is 18.0 Å². The second-order valence-electron chi connectivity index (χ2n) is 3.29. The largest absolute Gasteiger partial charge is 0.413 e. The lowest BCUT2D eigenvalue weighted by molar-refractivity contribution is -0.159. The van der Waals surface area contributed by atoms with Crippen molar-refractivity contribution in [3.05, 3.63) is 0 Å². The van der Waals surface area contributed by atoms with Crippen LogP contribution in [0.25, 0.3) is 0 Å². The van der Waals surface area contributed by atoms with E-state index in [4.69, 9.17) is 11.6 Å². The van der Waals surface area contributed by atoms with Crippen LogP contribution in [0.3, 0.4) is 0 Å². The maximum Gasteiger partial charge on any atom is 0.413 e. The molecule has 1 rings (SSSR count). The molecule has 1 atom stereocenters. The van der Waals surface area contributed by atoms with Gasteiger partial charge in [-0.3, -0.25) is 4.79 Å². The Labute approximate surface area is 85.0 Å². The number of amides is 1. The molecule has 1 saturated heterocycles. The van der Waals surface area contributed by atoms with E-state index in [1.807, 2.05) is 0 Å². The van der Waals surface area contributed by atoms with Crippen LogP contribution < -0.4 is 0 Å². The quantitative estimate of drug-likeness (QED) is 0.631. The first-order valence-corrected chi connectivity index (χ1v) is 4.86. The van der Waals surface area contributed by atoms with Gasteiger partial charge in [-0.15, -0.1) is 11.6 Å². The van der Waals surface area contributed by atoms with E-state index in [1.54, 1.807) is 0 Å². The van der Waals surface area contributed by atoms with Gasteiger partial charge in [-0.1, -0.05) is 0 Å². The van der Waals surface area contributed by atoms with Gasteiger partial charge < -0.3 is 4.90 Å². The van der Waals surface area contributed by atoms with Crippen LogP contribution in [-0.2, 0) is 4.79 Å². The molecule has 14 heavy (non-hydrogen) atoms. The summed E-state index contributed by atoms with van der Waals surface area (Å²) in [6.07, 6.45) is -2.17. The Morgan fingerprint density at radius 3 is 2.14 bits per heavy atom. The molecule has 1 aliphatic rings. The molecule has 0 spiro atoms. The molecule has 0 saturated carbocycles. The summed E-state index contributed by atoms with van der Waals surface area (Å²) < 4.78 is 36.2. The van der Waals surface area contributed by atoms with E-state index in [-0.39, 0.29) is 0 Å². The van der Waals surface area contributed by atoms with Crippen LogP contribution in [0.15, 0.2) is 0 Å².